The number of halogens is 1. The third kappa shape index (κ3) is 13.5. The Morgan fingerprint density at radius 1 is 0.619 bits per heavy atom. The van der Waals surface area contributed by atoms with Gasteiger partial charge in [0.05, 0.1) is 47.1 Å². The maximum absolute atomic E-state index is 12.8. The molecule has 0 aliphatic heterocycles. The van der Waals surface area contributed by atoms with E-state index in [4.69, 9.17) is 21.1 Å². The van der Waals surface area contributed by atoms with Gasteiger partial charge in [-0.25, -0.2) is 19.6 Å². The highest BCUT2D eigenvalue weighted by Crippen LogP contribution is 2.29. The molecular formula is C46H51ClN6O10. The van der Waals surface area contributed by atoms with Gasteiger partial charge in [-0.3, -0.25) is 34.4 Å². The van der Waals surface area contributed by atoms with Crippen LogP contribution in [-0.4, -0.2) is 75.0 Å². The number of nitrogens with one attached hydrogen (secondary N) is 3. The van der Waals surface area contributed by atoms with Crippen LogP contribution >= 0.6 is 11.6 Å². The maximum Gasteiger partial charge on any atom is 0.413 e. The Kier molecular flexibility index (Phi) is 16.3. The summed E-state index contributed by atoms with van der Waals surface area (Å²) < 4.78 is 21.1. The second kappa shape index (κ2) is 21.1. The van der Waals surface area contributed by atoms with Crippen LogP contribution in [-0.2, 0) is 28.5 Å². The molecule has 2 aromatic heterocycles. The highest BCUT2D eigenvalue weighted by atomic mass is 35.5. The number of hydrogen-bond donors (Lipinski definition) is 3. The largest absolute Gasteiger partial charge is 0.453 e. The summed E-state index contributed by atoms with van der Waals surface area (Å²) >= 11 is 5.44. The summed E-state index contributed by atoms with van der Waals surface area (Å²) in [6, 6.07) is 28.1. The van der Waals surface area contributed by atoms with Crippen LogP contribution in [0, 0.1) is 10.8 Å². The summed E-state index contributed by atoms with van der Waals surface area (Å²) in [7, 11) is 2.51. The van der Waals surface area contributed by atoms with Crippen molar-refractivity contribution in [2.75, 3.05) is 24.9 Å². The summed E-state index contributed by atoms with van der Waals surface area (Å²) in [6.07, 6.45) is -2.09. The standard InChI is InChI=1S/C23H25N3O5.C16H13N3O3.C7H13ClO2/c1-14(31-20(28)23(2,3)4)26-18-12-11-16(19(27)15-9-7-6-8-10-15)13-17(18)24-21(26)25-22(29)30-5;1-22-16(21)19-15-17-12-8-7-11(9-13(12)18-15)14(20)10-5-3-2-4-6-10;1-5(8)10-6(9)7(2,3)4/h6-14H,1-5H3,(H,24,25,29);2-9H,1H3,(H2,17,18,19,21);5H,1-4H3. The molecule has 6 aromatic rings. The summed E-state index contributed by atoms with van der Waals surface area (Å²) in [4.78, 5) is 83.1. The van der Waals surface area contributed by atoms with E-state index in [9.17, 15) is 28.8 Å². The Morgan fingerprint density at radius 2 is 1.11 bits per heavy atom. The van der Waals surface area contributed by atoms with E-state index in [1.807, 2.05) is 24.3 Å². The number of ketones is 2. The number of alkyl halides is 1. The van der Waals surface area contributed by atoms with Gasteiger partial charge in [-0.2, -0.15) is 0 Å². The van der Waals surface area contributed by atoms with Crippen molar-refractivity contribution >= 4 is 81.3 Å². The van der Waals surface area contributed by atoms with Gasteiger partial charge in [-0.05, 0) is 91.8 Å². The minimum atomic E-state index is -0.764. The lowest BCUT2D eigenvalue weighted by Crippen LogP contribution is -2.27. The Balaban J connectivity index is 0.000000236. The van der Waals surface area contributed by atoms with Crippen LogP contribution in [0.5, 0.6) is 0 Å². The molecule has 0 radical (unpaired) electrons. The SMILES string of the molecule is CC(Cl)OC(=O)C(C)(C)C.COC(=O)Nc1nc2cc(C(=O)c3ccccc3)ccc2n1C(C)OC(=O)C(C)(C)C.COC(=O)Nc1nc2ccc(C(=O)c3ccccc3)cc2[nH]1. The lowest BCUT2D eigenvalue weighted by molar-refractivity contribution is -0.161. The van der Waals surface area contributed by atoms with Crippen LogP contribution in [0.1, 0.15) is 93.5 Å². The molecule has 17 heteroatoms. The number of ether oxygens (including phenoxy) is 4. The Bertz CT molecular complexity index is 2580. The molecule has 332 valence electrons. The molecule has 63 heavy (non-hydrogen) atoms. The summed E-state index contributed by atoms with van der Waals surface area (Å²) in [6.45, 7) is 13.9. The number of methoxy groups -OCH3 is 2. The van der Waals surface area contributed by atoms with E-state index in [0.717, 1.165) is 0 Å². The number of carbonyl (C=O) groups excluding carboxylic acids is 6. The number of fused-ring (bicyclic) bond motifs is 2. The van der Waals surface area contributed by atoms with E-state index in [0.29, 0.717) is 44.3 Å². The van der Waals surface area contributed by atoms with Crippen LogP contribution < -0.4 is 10.6 Å². The lowest BCUT2D eigenvalue weighted by Gasteiger charge is -2.23. The molecule has 0 aliphatic rings. The molecule has 2 amide bonds. The van der Waals surface area contributed by atoms with Crippen LogP contribution in [0.4, 0.5) is 21.5 Å². The number of H-pyrrole nitrogens is 1. The van der Waals surface area contributed by atoms with Gasteiger partial charge in [0.2, 0.25) is 11.9 Å². The van der Waals surface area contributed by atoms with Gasteiger partial charge in [0.15, 0.2) is 23.4 Å². The van der Waals surface area contributed by atoms with Crippen molar-refractivity contribution in [1.82, 2.24) is 19.5 Å². The first-order valence-electron chi connectivity index (χ1n) is 19.6. The van der Waals surface area contributed by atoms with Crippen molar-refractivity contribution in [3.8, 4) is 0 Å². The second-order valence-corrected chi connectivity index (χ2v) is 16.5. The number of nitrogens with zero attached hydrogens (tertiary/aromatic N) is 3. The number of aromatic amines is 1. The zero-order chi connectivity index (χ0) is 46.6. The zero-order valence-corrected chi connectivity index (χ0v) is 37.5. The number of esters is 2. The molecule has 2 heterocycles. The minimum absolute atomic E-state index is 0.0698. The van der Waals surface area contributed by atoms with Crippen LogP contribution in [0.25, 0.3) is 22.1 Å². The van der Waals surface area contributed by atoms with E-state index in [1.54, 1.807) is 133 Å². The fourth-order valence-corrected chi connectivity index (χ4v) is 5.50. The number of imidazole rings is 2. The predicted molar refractivity (Wildman–Crippen MR) is 239 cm³/mol. The molecule has 4 aromatic carbocycles. The van der Waals surface area contributed by atoms with Gasteiger partial charge in [-0.15, -0.1) is 0 Å². The molecule has 0 bridgehead atoms. The van der Waals surface area contributed by atoms with Crippen molar-refractivity contribution < 1.29 is 47.7 Å². The number of benzene rings is 4. The van der Waals surface area contributed by atoms with E-state index in [2.05, 4.69) is 35.1 Å². The van der Waals surface area contributed by atoms with Gasteiger partial charge in [0.25, 0.3) is 0 Å². The fraction of sp³-hybridized carbons (Fsp3) is 0.304. The van der Waals surface area contributed by atoms with E-state index in [1.165, 1.54) is 14.2 Å². The fourth-order valence-electron chi connectivity index (χ4n) is 5.42. The van der Waals surface area contributed by atoms with Gasteiger partial charge in [0, 0.05) is 22.3 Å². The number of aromatic nitrogens is 4. The maximum atomic E-state index is 12.8. The van der Waals surface area contributed by atoms with Gasteiger partial charge in [-0.1, -0.05) is 72.3 Å². The van der Waals surface area contributed by atoms with Crippen molar-refractivity contribution in [2.45, 2.75) is 67.2 Å². The van der Waals surface area contributed by atoms with E-state index >= 15 is 0 Å². The first kappa shape index (κ1) is 48.6. The Hall–Kier alpha value is -7.07. The molecule has 6 rings (SSSR count). The molecule has 0 aliphatic carbocycles. The third-order valence-electron chi connectivity index (χ3n) is 8.71. The zero-order valence-electron chi connectivity index (χ0n) is 36.7. The first-order chi connectivity index (χ1) is 29.6. The second-order valence-electron chi connectivity index (χ2n) is 15.9. The molecular weight excluding hydrogens is 832 g/mol. The highest BCUT2D eigenvalue weighted by molar-refractivity contribution is 6.20. The topological polar surface area (TPSA) is 210 Å². The van der Waals surface area contributed by atoms with Crippen molar-refractivity contribution in [3.05, 3.63) is 119 Å². The summed E-state index contributed by atoms with van der Waals surface area (Å²) in [5.74, 6) is -0.477. The van der Waals surface area contributed by atoms with Crippen molar-refractivity contribution in [1.29, 1.82) is 0 Å². The summed E-state index contributed by atoms with van der Waals surface area (Å²) in [5, 5.41) is 4.99. The average Bonchev–Trinajstić information content (AvgIpc) is 3.82. The Morgan fingerprint density at radius 3 is 1.60 bits per heavy atom. The smallest absolute Gasteiger partial charge is 0.413 e. The monoisotopic (exact) mass is 882 g/mol. The van der Waals surface area contributed by atoms with E-state index < -0.39 is 40.8 Å². The van der Waals surface area contributed by atoms with Crippen LogP contribution in [0.3, 0.4) is 0 Å². The molecule has 0 spiro atoms. The molecule has 3 N–H and O–H groups in total. The Labute approximate surface area is 369 Å². The quantitative estimate of drug-likeness (QED) is 0.0536. The predicted octanol–water partition coefficient (Wildman–Crippen LogP) is 9.69. The molecule has 0 saturated carbocycles. The first-order valence-corrected chi connectivity index (χ1v) is 20.0. The van der Waals surface area contributed by atoms with Gasteiger partial charge in [0.1, 0.15) is 0 Å². The minimum Gasteiger partial charge on any atom is -0.453 e. The lowest BCUT2D eigenvalue weighted by atomic mass is 9.97. The normalized spacial score (nSPS) is 12.0. The number of rotatable bonds is 9. The van der Waals surface area contributed by atoms with Crippen LogP contribution in [0.2, 0.25) is 0 Å². The molecule has 16 nitrogen and oxygen atoms in total. The number of hydrogen-bond acceptors (Lipinski definition) is 12. The molecule has 0 saturated heterocycles. The van der Waals surface area contributed by atoms with E-state index in [-0.39, 0.29) is 29.4 Å². The highest BCUT2D eigenvalue weighted by Gasteiger charge is 2.28. The third-order valence-corrected chi connectivity index (χ3v) is 8.80. The van der Waals surface area contributed by atoms with Crippen molar-refractivity contribution in [3.63, 3.8) is 0 Å². The molecule has 2 unspecified atom stereocenters. The number of carbonyl (C=O) groups is 6. The summed E-state index contributed by atoms with van der Waals surface area (Å²) in [5.41, 5.74) is 2.85. The van der Waals surface area contributed by atoms with Crippen molar-refractivity contribution in [2.24, 2.45) is 10.8 Å². The van der Waals surface area contributed by atoms with Gasteiger partial charge >= 0.3 is 24.1 Å². The number of amides is 2. The average molecular weight is 883 g/mol. The van der Waals surface area contributed by atoms with Crippen LogP contribution in [0.15, 0.2) is 97.1 Å². The molecule has 2 atom stereocenters. The number of anilines is 2. The molecule has 0 fully saturated rings. The van der Waals surface area contributed by atoms with Gasteiger partial charge < -0.3 is 23.9 Å².